The van der Waals surface area contributed by atoms with Crippen molar-refractivity contribution in [2.24, 2.45) is 0 Å². The van der Waals surface area contributed by atoms with Crippen LogP contribution in [0.3, 0.4) is 0 Å². The quantitative estimate of drug-likeness (QED) is 0.505. The maximum absolute atomic E-state index is 12.8. The molecule has 0 spiro atoms. The molecule has 1 aromatic heterocycles. The number of rotatable bonds is 9. The van der Waals surface area contributed by atoms with Crippen molar-refractivity contribution in [3.8, 4) is 11.4 Å². The molecule has 0 radical (unpaired) electrons. The Kier molecular flexibility index (Phi) is 8.76. The van der Waals surface area contributed by atoms with Crippen molar-refractivity contribution < 1.29 is 4.79 Å². The second-order valence-corrected chi connectivity index (χ2v) is 11.3. The predicted molar refractivity (Wildman–Crippen MR) is 154 cm³/mol. The molecule has 1 amide bonds. The normalized spacial score (nSPS) is 18.7. The summed E-state index contributed by atoms with van der Waals surface area (Å²) < 4.78 is 0. The lowest BCUT2D eigenvalue weighted by Crippen LogP contribution is -2.44. The van der Waals surface area contributed by atoms with Crippen LogP contribution in [0.1, 0.15) is 30.5 Å². The number of hydrogen-bond acceptors (Lipinski definition) is 8. The van der Waals surface area contributed by atoms with Crippen molar-refractivity contribution in [3.63, 3.8) is 0 Å². The van der Waals surface area contributed by atoms with Crippen LogP contribution in [0, 0.1) is 0 Å². The lowest BCUT2D eigenvalue weighted by atomic mass is 10.0. The van der Waals surface area contributed by atoms with Gasteiger partial charge in [0.15, 0.2) is 5.82 Å². The molecule has 1 aromatic carbocycles. The number of piperazine rings is 1. The fourth-order valence-electron chi connectivity index (χ4n) is 5.69. The van der Waals surface area contributed by atoms with E-state index in [0.29, 0.717) is 19.6 Å². The highest BCUT2D eigenvalue weighted by Crippen LogP contribution is 2.29. The van der Waals surface area contributed by atoms with Crippen molar-refractivity contribution in [1.82, 2.24) is 29.6 Å². The van der Waals surface area contributed by atoms with Crippen molar-refractivity contribution in [2.75, 3.05) is 96.8 Å². The molecule has 1 N–H and O–H groups in total. The third-order valence-corrected chi connectivity index (χ3v) is 8.01. The average molecular weight is 521 g/mol. The van der Waals surface area contributed by atoms with Gasteiger partial charge in [-0.05, 0) is 90.7 Å². The van der Waals surface area contributed by atoms with Gasteiger partial charge in [-0.1, -0.05) is 0 Å². The average Bonchev–Trinajstić information content (AvgIpc) is 3.44. The largest absolute Gasteiger partial charge is 0.370 e. The Morgan fingerprint density at radius 3 is 2.42 bits per heavy atom. The van der Waals surface area contributed by atoms with Gasteiger partial charge >= 0.3 is 0 Å². The topological polar surface area (TPSA) is 71.1 Å². The molecule has 0 unspecified atom stereocenters. The number of carbonyl (C=O) groups is 1. The molecule has 0 aliphatic carbocycles. The van der Waals surface area contributed by atoms with E-state index in [2.05, 4.69) is 51.3 Å². The molecule has 0 bridgehead atoms. The number of anilines is 2. The van der Waals surface area contributed by atoms with Gasteiger partial charge in [-0.3, -0.25) is 4.79 Å². The number of carbonyl (C=O) groups excluding carboxylic acids is 1. The molecule has 2 aromatic rings. The van der Waals surface area contributed by atoms with Crippen molar-refractivity contribution >= 4 is 17.4 Å². The molecule has 9 heteroatoms. The lowest BCUT2D eigenvalue weighted by molar-refractivity contribution is -0.132. The van der Waals surface area contributed by atoms with Gasteiger partial charge in [0.05, 0.1) is 18.8 Å². The molecular formula is C29H44N8O. The Morgan fingerprint density at radius 2 is 1.71 bits per heavy atom. The van der Waals surface area contributed by atoms with Crippen LogP contribution >= 0.6 is 0 Å². The van der Waals surface area contributed by atoms with Crippen LogP contribution in [0.4, 0.5) is 11.5 Å². The number of aromatic nitrogens is 2. The Balaban J connectivity index is 1.34. The van der Waals surface area contributed by atoms with E-state index in [1.54, 1.807) is 0 Å². The molecule has 3 aliphatic heterocycles. The Bertz CT molecular complexity index is 1070. The van der Waals surface area contributed by atoms with Gasteiger partial charge in [0.1, 0.15) is 5.82 Å². The van der Waals surface area contributed by atoms with Crippen LogP contribution in [0.25, 0.3) is 11.4 Å². The summed E-state index contributed by atoms with van der Waals surface area (Å²) in [6, 6.07) is 8.67. The van der Waals surface area contributed by atoms with Crippen LogP contribution in [-0.2, 0) is 17.8 Å². The molecule has 9 nitrogen and oxygen atoms in total. The minimum Gasteiger partial charge on any atom is -0.370 e. The summed E-state index contributed by atoms with van der Waals surface area (Å²) in [6.07, 6.45) is 4.53. The van der Waals surface area contributed by atoms with Gasteiger partial charge in [-0.15, -0.1) is 0 Å². The third kappa shape index (κ3) is 6.62. The number of likely N-dealkylation sites (N-methyl/N-ethyl adjacent to an activating group) is 2. The minimum absolute atomic E-state index is 0.150. The molecule has 38 heavy (non-hydrogen) atoms. The SMILES string of the molecule is CN(C)CC(=O)N1CCc2c(nc(-c3ccc(N4CCN(C)CC4)cc3)nc2NCCCN2CCCC2)C1. The molecule has 0 atom stereocenters. The van der Waals surface area contributed by atoms with E-state index in [0.717, 1.165) is 80.6 Å². The van der Waals surface area contributed by atoms with Gasteiger partial charge < -0.3 is 29.8 Å². The summed E-state index contributed by atoms with van der Waals surface area (Å²) in [6.45, 7) is 10.4. The first-order valence-corrected chi connectivity index (χ1v) is 14.3. The van der Waals surface area contributed by atoms with Crippen LogP contribution in [0.5, 0.6) is 0 Å². The van der Waals surface area contributed by atoms with Crippen molar-refractivity contribution in [3.05, 3.63) is 35.5 Å². The molecular weight excluding hydrogens is 476 g/mol. The number of nitrogens with zero attached hydrogens (tertiary/aromatic N) is 7. The fourth-order valence-corrected chi connectivity index (χ4v) is 5.69. The summed E-state index contributed by atoms with van der Waals surface area (Å²) >= 11 is 0. The Hall–Kier alpha value is -2.75. The molecule has 2 saturated heterocycles. The van der Waals surface area contributed by atoms with Crippen molar-refractivity contribution in [2.45, 2.75) is 32.2 Å². The zero-order valence-corrected chi connectivity index (χ0v) is 23.5. The van der Waals surface area contributed by atoms with Crippen LogP contribution in [-0.4, -0.2) is 122 Å². The summed E-state index contributed by atoms with van der Waals surface area (Å²) in [5, 5.41) is 3.65. The van der Waals surface area contributed by atoms with Gasteiger partial charge in [0.2, 0.25) is 5.91 Å². The van der Waals surface area contributed by atoms with Gasteiger partial charge in [-0.2, -0.15) is 0 Å². The van der Waals surface area contributed by atoms with E-state index in [-0.39, 0.29) is 5.91 Å². The smallest absolute Gasteiger partial charge is 0.237 e. The first-order valence-electron chi connectivity index (χ1n) is 14.3. The van der Waals surface area contributed by atoms with E-state index in [1.807, 2.05) is 23.9 Å². The molecule has 4 heterocycles. The second-order valence-electron chi connectivity index (χ2n) is 11.3. The second kappa shape index (κ2) is 12.4. The number of hydrogen-bond donors (Lipinski definition) is 1. The maximum atomic E-state index is 12.8. The highest BCUT2D eigenvalue weighted by molar-refractivity contribution is 5.78. The number of benzene rings is 1. The standard InChI is InChI=1S/C29H44N8O/c1-33(2)22-27(38)37-16-11-25-26(21-37)31-28(32-29(25)30-12-6-15-35-13-4-5-14-35)23-7-9-24(10-8-23)36-19-17-34(3)18-20-36/h7-10H,4-6,11-22H2,1-3H3,(H,30,31,32). The lowest BCUT2D eigenvalue weighted by Gasteiger charge is -2.34. The van der Waals surface area contributed by atoms with Gasteiger partial charge in [0, 0.05) is 56.1 Å². The zero-order valence-electron chi connectivity index (χ0n) is 23.5. The number of amides is 1. The summed E-state index contributed by atoms with van der Waals surface area (Å²) in [4.78, 5) is 34.1. The molecule has 2 fully saturated rings. The number of fused-ring (bicyclic) bond motifs is 1. The molecule has 206 valence electrons. The first kappa shape index (κ1) is 26.8. The summed E-state index contributed by atoms with van der Waals surface area (Å²) in [5.74, 6) is 1.82. The maximum Gasteiger partial charge on any atom is 0.237 e. The van der Waals surface area contributed by atoms with E-state index in [9.17, 15) is 4.79 Å². The van der Waals surface area contributed by atoms with E-state index < -0.39 is 0 Å². The predicted octanol–water partition coefficient (Wildman–Crippen LogP) is 2.24. The highest BCUT2D eigenvalue weighted by atomic mass is 16.2. The van der Waals surface area contributed by atoms with E-state index >= 15 is 0 Å². The van der Waals surface area contributed by atoms with Gasteiger partial charge in [-0.25, -0.2) is 9.97 Å². The van der Waals surface area contributed by atoms with Gasteiger partial charge in [0.25, 0.3) is 0 Å². The monoisotopic (exact) mass is 520 g/mol. The molecule has 3 aliphatic rings. The molecule has 0 saturated carbocycles. The third-order valence-electron chi connectivity index (χ3n) is 8.01. The highest BCUT2D eigenvalue weighted by Gasteiger charge is 2.26. The Morgan fingerprint density at radius 1 is 0.974 bits per heavy atom. The summed E-state index contributed by atoms with van der Waals surface area (Å²) in [7, 11) is 6.05. The Labute approximate surface area is 227 Å². The van der Waals surface area contributed by atoms with Crippen molar-refractivity contribution in [1.29, 1.82) is 0 Å². The number of likely N-dealkylation sites (tertiary alicyclic amines) is 1. The zero-order chi connectivity index (χ0) is 26.5. The molecule has 5 rings (SSSR count). The van der Waals surface area contributed by atoms with E-state index in [4.69, 9.17) is 9.97 Å². The van der Waals surface area contributed by atoms with Crippen LogP contribution in [0.15, 0.2) is 24.3 Å². The number of nitrogens with one attached hydrogen (secondary N) is 1. The summed E-state index contributed by atoms with van der Waals surface area (Å²) in [5.41, 5.74) is 4.40. The fraction of sp³-hybridized carbons (Fsp3) is 0.621. The van der Waals surface area contributed by atoms with Crippen LogP contribution in [0.2, 0.25) is 0 Å². The van der Waals surface area contributed by atoms with Crippen LogP contribution < -0.4 is 10.2 Å². The first-order chi connectivity index (χ1) is 18.5. The van der Waals surface area contributed by atoms with E-state index in [1.165, 1.54) is 31.6 Å². The minimum atomic E-state index is 0.150.